The van der Waals surface area contributed by atoms with Crippen molar-refractivity contribution in [3.05, 3.63) is 64.1 Å². The third-order valence-corrected chi connectivity index (χ3v) is 3.67. The maximum absolute atomic E-state index is 11.8. The summed E-state index contributed by atoms with van der Waals surface area (Å²) in [6.45, 7) is 0.706. The van der Waals surface area contributed by atoms with Crippen LogP contribution in [0.2, 0.25) is 10.0 Å². The predicted molar refractivity (Wildman–Crippen MR) is 97.0 cm³/mol. The van der Waals surface area contributed by atoms with Crippen LogP contribution < -0.4 is 14.8 Å². The van der Waals surface area contributed by atoms with Crippen molar-refractivity contribution < 1.29 is 14.3 Å². The van der Waals surface area contributed by atoms with Gasteiger partial charge in [-0.1, -0.05) is 41.4 Å². The first kappa shape index (κ1) is 18.2. The molecule has 4 nitrogen and oxygen atoms in total. The Morgan fingerprint density at radius 3 is 2.62 bits per heavy atom. The Hall–Kier alpha value is -2.17. The molecule has 0 radical (unpaired) electrons. The first-order chi connectivity index (χ1) is 11.6. The molecule has 0 unspecified atom stereocenters. The van der Waals surface area contributed by atoms with Crippen LogP contribution in [-0.4, -0.2) is 26.2 Å². The summed E-state index contributed by atoms with van der Waals surface area (Å²) in [6, 6.07) is 12.4. The maximum Gasteiger partial charge on any atom is 0.244 e. The summed E-state index contributed by atoms with van der Waals surface area (Å²) in [4.78, 5) is 11.8. The molecular weight excluding hydrogens is 349 g/mol. The quantitative estimate of drug-likeness (QED) is 0.590. The van der Waals surface area contributed by atoms with Gasteiger partial charge >= 0.3 is 0 Å². The van der Waals surface area contributed by atoms with Crippen LogP contribution in [0, 0.1) is 0 Å². The number of para-hydroxylation sites is 2. The number of benzene rings is 2. The molecule has 1 N–H and O–H groups in total. The molecule has 0 saturated heterocycles. The summed E-state index contributed by atoms with van der Waals surface area (Å²) in [6.07, 6.45) is 3.05. The van der Waals surface area contributed by atoms with Gasteiger partial charge in [0.2, 0.25) is 5.91 Å². The second-order valence-electron chi connectivity index (χ2n) is 4.79. The number of carbonyl (C=O) groups is 1. The van der Waals surface area contributed by atoms with Crippen LogP contribution >= 0.6 is 23.2 Å². The molecule has 0 bridgehead atoms. The van der Waals surface area contributed by atoms with Gasteiger partial charge < -0.3 is 14.8 Å². The molecule has 2 rings (SSSR count). The predicted octanol–water partition coefficient (Wildman–Crippen LogP) is 4.21. The van der Waals surface area contributed by atoms with Gasteiger partial charge in [-0.05, 0) is 35.9 Å². The highest BCUT2D eigenvalue weighted by atomic mass is 35.5. The molecule has 0 aliphatic rings. The molecule has 0 atom stereocenters. The molecule has 126 valence electrons. The van der Waals surface area contributed by atoms with Crippen molar-refractivity contribution in [3.63, 3.8) is 0 Å². The van der Waals surface area contributed by atoms with Crippen molar-refractivity contribution in [2.45, 2.75) is 0 Å². The molecule has 0 spiro atoms. The molecule has 2 aromatic rings. The highest BCUT2D eigenvalue weighted by Crippen LogP contribution is 2.25. The molecule has 24 heavy (non-hydrogen) atoms. The van der Waals surface area contributed by atoms with Crippen molar-refractivity contribution in [2.24, 2.45) is 0 Å². The molecular formula is C18H17Cl2NO3. The van der Waals surface area contributed by atoms with E-state index in [1.807, 2.05) is 24.3 Å². The van der Waals surface area contributed by atoms with E-state index in [4.69, 9.17) is 32.7 Å². The van der Waals surface area contributed by atoms with Crippen LogP contribution in [0.5, 0.6) is 11.5 Å². The highest BCUT2D eigenvalue weighted by molar-refractivity contribution is 6.35. The summed E-state index contributed by atoms with van der Waals surface area (Å²) < 4.78 is 10.8. The summed E-state index contributed by atoms with van der Waals surface area (Å²) in [7, 11) is 1.58. The van der Waals surface area contributed by atoms with Crippen molar-refractivity contribution in [2.75, 3.05) is 20.3 Å². The fourth-order valence-electron chi connectivity index (χ4n) is 1.93. The van der Waals surface area contributed by atoms with E-state index >= 15 is 0 Å². The van der Waals surface area contributed by atoms with Crippen molar-refractivity contribution >= 4 is 35.2 Å². The van der Waals surface area contributed by atoms with Crippen LogP contribution in [0.1, 0.15) is 5.56 Å². The minimum Gasteiger partial charge on any atom is -0.493 e. The normalized spacial score (nSPS) is 10.6. The number of nitrogens with one attached hydrogen (secondary N) is 1. The number of rotatable bonds is 7. The van der Waals surface area contributed by atoms with Crippen molar-refractivity contribution in [1.82, 2.24) is 5.32 Å². The number of hydrogen-bond acceptors (Lipinski definition) is 3. The van der Waals surface area contributed by atoms with Gasteiger partial charge in [0, 0.05) is 16.1 Å². The van der Waals surface area contributed by atoms with Crippen LogP contribution in [0.15, 0.2) is 48.5 Å². The van der Waals surface area contributed by atoms with Crippen molar-refractivity contribution in [3.8, 4) is 11.5 Å². The molecule has 2 aromatic carbocycles. The van der Waals surface area contributed by atoms with E-state index in [9.17, 15) is 4.79 Å². The Balaban J connectivity index is 1.78. The highest BCUT2D eigenvalue weighted by Gasteiger charge is 2.03. The summed E-state index contributed by atoms with van der Waals surface area (Å²) in [5.41, 5.74) is 0.724. The van der Waals surface area contributed by atoms with Gasteiger partial charge in [0.25, 0.3) is 0 Å². The molecule has 0 fully saturated rings. The topological polar surface area (TPSA) is 47.6 Å². The molecule has 0 aliphatic carbocycles. The summed E-state index contributed by atoms with van der Waals surface area (Å²) >= 11 is 11.9. The molecule has 0 aliphatic heterocycles. The maximum atomic E-state index is 11.8. The molecule has 6 heteroatoms. The summed E-state index contributed by atoms with van der Waals surface area (Å²) in [5.74, 6) is 1.06. The Kier molecular flexibility index (Phi) is 6.97. The Labute approximate surface area is 151 Å². The average molecular weight is 366 g/mol. The smallest absolute Gasteiger partial charge is 0.244 e. The monoisotopic (exact) mass is 365 g/mol. The van der Waals surface area contributed by atoms with Crippen LogP contribution in [-0.2, 0) is 4.79 Å². The number of halogens is 2. The molecule has 1 amide bonds. The number of hydrogen-bond donors (Lipinski definition) is 1. The van der Waals surface area contributed by atoms with E-state index in [-0.39, 0.29) is 5.91 Å². The Morgan fingerprint density at radius 1 is 1.17 bits per heavy atom. The second kappa shape index (κ2) is 9.21. The first-order valence-corrected chi connectivity index (χ1v) is 8.02. The molecule has 0 aromatic heterocycles. The van der Waals surface area contributed by atoms with E-state index in [0.717, 1.165) is 5.56 Å². The third kappa shape index (κ3) is 5.48. The number of carbonyl (C=O) groups excluding carboxylic acids is 1. The minimum atomic E-state index is -0.232. The van der Waals surface area contributed by atoms with E-state index in [0.29, 0.717) is 34.7 Å². The van der Waals surface area contributed by atoms with E-state index in [1.165, 1.54) is 6.08 Å². The zero-order valence-corrected chi connectivity index (χ0v) is 14.6. The fraction of sp³-hybridized carbons (Fsp3) is 0.167. The SMILES string of the molecule is COc1ccccc1OCCNC(=O)/C=C/c1ccc(Cl)cc1Cl. The minimum absolute atomic E-state index is 0.232. The van der Waals surface area contributed by atoms with Gasteiger partial charge in [0.1, 0.15) is 6.61 Å². The van der Waals surface area contributed by atoms with Crippen molar-refractivity contribution in [1.29, 1.82) is 0 Å². The lowest BCUT2D eigenvalue weighted by Gasteiger charge is -2.10. The fourth-order valence-corrected chi connectivity index (χ4v) is 2.41. The van der Waals surface area contributed by atoms with Crippen LogP contribution in [0.25, 0.3) is 6.08 Å². The van der Waals surface area contributed by atoms with Crippen LogP contribution in [0.3, 0.4) is 0 Å². The lowest BCUT2D eigenvalue weighted by atomic mass is 10.2. The lowest BCUT2D eigenvalue weighted by Crippen LogP contribution is -2.26. The third-order valence-electron chi connectivity index (χ3n) is 3.10. The summed E-state index contributed by atoms with van der Waals surface area (Å²) in [5, 5.41) is 3.77. The molecule has 0 saturated carbocycles. The van der Waals surface area contributed by atoms with Gasteiger partial charge in [-0.2, -0.15) is 0 Å². The van der Waals surface area contributed by atoms with Gasteiger partial charge in [-0.15, -0.1) is 0 Å². The van der Waals surface area contributed by atoms with Gasteiger partial charge in [-0.3, -0.25) is 4.79 Å². The van der Waals surface area contributed by atoms with E-state index in [1.54, 1.807) is 31.4 Å². The number of amides is 1. The zero-order valence-electron chi connectivity index (χ0n) is 13.1. The van der Waals surface area contributed by atoms with Gasteiger partial charge in [-0.25, -0.2) is 0 Å². The number of methoxy groups -OCH3 is 1. The second-order valence-corrected chi connectivity index (χ2v) is 5.63. The Morgan fingerprint density at radius 2 is 1.92 bits per heavy atom. The largest absolute Gasteiger partial charge is 0.493 e. The first-order valence-electron chi connectivity index (χ1n) is 7.27. The standard InChI is InChI=1S/C18H17Cl2NO3/c1-23-16-4-2-3-5-17(16)24-11-10-21-18(22)9-7-13-6-8-14(19)12-15(13)20/h2-9,12H,10-11H2,1H3,(H,21,22)/b9-7+. The van der Waals surface area contributed by atoms with Gasteiger partial charge in [0.05, 0.1) is 13.7 Å². The van der Waals surface area contributed by atoms with Gasteiger partial charge in [0.15, 0.2) is 11.5 Å². The van der Waals surface area contributed by atoms with E-state index < -0.39 is 0 Å². The zero-order chi connectivity index (χ0) is 17.4. The lowest BCUT2D eigenvalue weighted by molar-refractivity contribution is -0.116. The number of ether oxygens (including phenoxy) is 2. The molecule has 0 heterocycles. The van der Waals surface area contributed by atoms with Crippen LogP contribution in [0.4, 0.5) is 0 Å². The average Bonchev–Trinajstić information content (AvgIpc) is 2.58. The van der Waals surface area contributed by atoms with E-state index in [2.05, 4.69) is 5.32 Å². The Bertz CT molecular complexity index is 732.